The summed E-state index contributed by atoms with van der Waals surface area (Å²) in [5.41, 5.74) is 0. The number of rotatable bonds is 2. The summed E-state index contributed by atoms with van der Waals surface area (Å²) in [6, 6.07) is 4.67. The fraction of sp³-hybridized carbons (Fsp3) is 0.545. The Balaban J connectivity index is 2.01. The molecule has 0 amide bonds. The molecule has 0 aliphatic carbocycles. The Morgan fingerprint density at radius 3 is 3.13 bits per heavy atom. The summed E-state index contributed by atoms with van der Waals surface area (Å²) < 4.78 is 1.15. The number of halogens is 1. The van der Waals surface area contributed by atoms with Gasteiger partial charge >= 0.3 is 0 Å². The molecule has 1 aliphatic rings. The molecule has 1 aromatic heterocycles. The van der Waals surface area contributed by atoms with Crippen molar-refractivity contribution in [1.29, 1.82) is 5.26 Å². The second-order valence-electron chi connectivity index (χ2n) is 3.84. The lowest BCUT2D eigenvalue weighted by Crippen LogP contribution is -2.37. The van der Waals surface area contributed by atoms with Gasteiger partial charge in [0.25, 0.3) is 0 Å². The molecular weight excluding hydrogens is 272 g/mol. The maximum Gasteiger partial charge on any atom is 0.0981 e. The van der Waals surface area contributed by atoms with E-state index in [0.717, 1.165) is 24.0 Å². The van der Waals surface area contributed by atoms with Gasteiger partial charge < -0.3 is 0 Å². The zero-order valence-electron chi connectivity index (χ0n) is 8.45. The van der Waals surface area contributed by atoms with E-state index < -0.39 is 0 Å². The highest BCUT2D eigenvalue weighted by molar-refractivity contribution is 9.10. The zero-order valence-corrected chi connectivity index (χ0v) is 10.9. The number of nitriles is 1. The van der Waals surface area contributed by atoms with E-state index in [0.29, 0.717) is 0 Å². The van der Waals surface area contributed by atoms with Gasteiger partial charge in [0, 0.05) is 21.3 Å². The third-order valence-corrected chi connectivity index (χ3v) is 4.43. The largest absolute Gasteiger partial charge is 0.283 e. The number of hydrogen-bond donors (Lipinski definition) is 0. The quantitative estimate of drug-likeness (QED) is 0.832. The van der Waals surface area contributed by atoms with Crippen LogP contribution < -0.4 is 0 Å². The highest BCUT2D eigenvalue weighted by Gasteiger charge is 2.22. The number of likely N-dealkylation sites (tertiary alicyclic amines) is 1. The van der Waals surface area contributed by atoms with Gasteiger partial charge in [0.2, 0.25) is 0 Å². The van der Waals surface area contributed by atoms with Crippen molar-refractivity contribution in [3.05, 3.63) is 20.8 Å². The minimum atomic E-state index is 0.125. The molecule has 2 heterocycles. The molecule has 15 heavy (non-hydrogen) atoms. The number of thiophene rings is 1. The molecule has 1 fully saturated rings. The summed E-state index contributed by atoms with van der Waals surface area (Å²) >= 11 is 5.21. The van der Waals surface area contributed by atoms with Crippen molar-refractivity contribution in [2.75, 3.05) is 6.54 Å². The van der Waals surface area contributed by atoms with Crippen molar-refractivity contribution in [3.63, 3.8) is 0 Å². The van der Waals surface area contributed by atoms with Crippen molar-refractivity contribution in [2.45, 2.75) is 31.8 Å². The van der Waals surface area contributed by atoms with E-state index in [1.165, 1.54) is 17.7 Å². The van der Waals surface area contributed by atoms with Gasteiger partial charge in [-0.05, 0) is 47.8 Å². The van der Waals surface area contributed by atoms with Crippen LogP contribution in [0.3, 0.4) is 0 Å². The Labute approximate surface area is 103 Å². The molecule has 0 saturated carbocycles. The van der Waals surface area contributed by atoms with Crippen molar-refractivity contribution in [2.24, 2.45) is 0 Å². The van der Waals surface area contributed by atoms with Crippen molar-refractivity contribution in [1.82, 2.24) is 4.90 Å². The minimum absolute atomic E-state index is 0.125. The Morgan fingerprint density at radius 2 is 2.47 bits per heavy atom. The average Bonchev–Trinajstić information content (AvgIpc) is 2.65. The topological polar surface area (TPSA) is 27.0 Å². The number of piperidine rings is 1. The molecule has 2 nitrogen and oxygen atoms in total. The number of nitrogens with zero attached hydrogens (tertiary/aromatic N) is 2. The van der Waals surface area contributed by atoms with Crippen LogP contribution >= 0.6 is 27.3 Å². The smallest absolute Gasteiger partial charge is 0.0981 e. The molecule has 0 bridgehead atoms. The van der Waals surface area contributed by atoms with Crippen LogP contribution in [0.15, 0.2) is 15.9 Å². The third kappa shape index (κ3) is 2.81. The van der Waals surface area contributed by atoms with Crippen LogP contribution in [0.1, 0.15) is 24.1 Å². The molecule has 0 aromatic carbocycles. The van der Waals surface area contributed by atoms with E-state index in [4.69, 9.17) is 5.26 Å². The fourth-order valence-corrected chi connectivity index (χ4v) is 3.44. The molecule has 4 heteroatoms. The van der Waals surface area contributed by atoms with Gasteiger partial charge in [0.1, 0.15) is 0 Å². The standard InChI is InChI=1S/C11H13BrN2S/c12-9-5-11(15-8-9)7-14-4-2-1-3-10(14)6-13/h5,8,10H,1-4,7H2. The van der Waals surface area contributed by atoms with E-state index in [1.54, 1.807) is 11.3 Å². The summed E-state index contributed by atoms with van der Waals surface area (Å²) in [5.74, 6) is 0. The molecule has 80 valence electrons. The number of hydrogen-bond acceptors (Lipinski definition) is 3. The van der Waals surface area contributed by atoms with Gasteiger partial charge in [0.05, 0.1) is 12.1 Å². The van der Waals surface area contributed by atoms with Crippen LogP contribution in [0.2, 0.25) is 0 Å². The third-order valence-electron chi connectivity index (χ3n) is 2.74. The molecule has 0 spiro atoms. The van der Waals surface area contributed by atoms with Crippen molar-refractivity contribution < 1.29 is 0 Å². The molecule has 1 saturated heterocycles. The van der Waals surface area contributed by atoms with E-state index in [1.807, 2.05) is 0 Å². The summed E-state index contributed by atoms with van der Waals surface area (Å²) in [4.78, 5) is 3.63. The van der Waals surface area contributed by atoms with Crippen LogP contribution in [0, 0.1) is 11.3 Å². The first kappa shape index (κ1) is 11.1. The highest BCUT2D eigenvalue weighted by Crippen LogP contribution is 2.24. The van der Waals surface area contributed by atoms with E-state index >= 15 is 0 Å². The van der Waals surface area contributed by atoms with E-state index in [9.17, 15) is 0 Å². The fourth-order valence-electron chi connectivity index (χ4n) is 1.96. The lowest BCUT2D eigenvalue weighted by Gasteiger charge is -2.30. The molecule has 1 aliphatic heterocycles. The molecule has 1 atom stereocenters. The average molecular weight is 285 g/mol. The Bertz CT molecular complexity index is 369. The molecule has 2 rings (SSSR count). The SMILES string of the molecule is N#CC1CCCCN1Cc1cc(Br)cs1. The van der Waals surface area contributed by atoms with E-state index in [2.05, 4.69) is 38.3 Å². The first-order chi connectivity index (χ1) is 7.29. The van der Waals surface area contributed by atoms with Gasteiger partial charge in [-0.15, -0.1) is 11.3 Å². The van der Waals surface area contributed by atoms with Gasteiger partial charge in [-0.1, -0.05) is 0 Å². The van der Waals surface area contributed by atoms with Crippen molar-refractivity contribution >= 4 is 27.3 Å². The summed E-state index contributed by atoms with van der Waals surface area (Å²) in [5, 5.41) is 11.1. The Morgan fingerprint density at radius 1 is 1.60 bits per heavy atom. The lowest BCUT2D eigenvalue weighted by molar-refractivity contribution is 0.178. The Hall–Kier alpha value is -0.370. The first-order valence-electron chi connectivity index (χ1n) is 5.16. The first-order valence-corrected chi connectivity index (χ1v) is 6.83. The lowest BCUT2D eigenvalue weighted by atomic mass is 10.0. The summed E-state index contributed by atoms with van der Waals surface area (Å²) in [7, 11) is 0. The summed E-state index contributed by atoms with van der Waals surface area (Å²) in [6.07, 6.45) is 3.45. The second-order valence-corrected chi connectivity index (χ2v) is 5.75. The van der Waals surface area contributed by atoms with Crippen LogP contribution in [-0.4, -0.2) is 17.5 Å². The Kier molecular flexibility index (Phi) is 3.79. The van der Waals surface area contributed by atoms with Gasteiger partial charge in [-0.2, -0.15) is 5.26 Å². The van der Waals surface area contributed by atoms with Crippen LogP contribution in [-0.2, 0) is 6.54 Å². The van der Waals surface area contributed by atoms with E-state index in [-0.39, 0.29) is 6.04 Å². The van der Waals surface area contributed by atoms with Gasteiger partial charge in [-0.3, -0.25) is 4.90 Å². The van der Waals surface area contributed by atoms with Crippen LogP contribution in [0.25, 0.3) is 0 Å². The molecule has 1 aromatic rings. The predicted molar refractivity (Wildman–Crippen MR) is 65.7 cm³/mol. The zero-order chi connectivity index (χ0) is 10.7. The molecular formula is C11H13BrN2S. The maximum absolute atomic E-state index is 9.05. The normalized spacial score (nSPS) is 22.5. The minimum Gasteiger partial charge on any atom is -0.283 e. The van der Waals surface area contributed by atoms with Gasteiger partial charge in [0.15, 0.2) is 0 Å². The molecule has 0 N–H and O–H groups in total. The maximum atomic E-state index is 9.05. The monoisotopic (exact) mass is 284 g/mol. The summed E-state index contributed by atoms with van der Waals surface area (Å²) in [6.45, 7) is 1.99. The van der Waals surface area contributed by atoms with Crippen LogP contribution in [0.5, 0.6) is 0 Å². The van der Waals surface area contributed by atoms with Crippen LogP contribution in [0.4, 0.5) is 0 Å². The van der Waals surface area contributed by atoms with Gasteiger partial charge in [-0.25, -0.2) is 0 Å². The van der Waals surface area contributed by atoms with Crippen molar-refractivity contribution in [3.8, 4) is 6.07 Å². The molecule has 1 unspecified atom stereocenters. The highest BCUT2D eigenvalue weighted by atomic mass is 79.9. The predicted octanol–water partition coefficient (Wildman–Crippen LogP) is 3.39. The molecule has 0 radical (unpaired) electrons. The second kappa shape index (κ2) is 5.11.